The summed E-state index contributed by atoms with van der Waals surface area (Å²) in [5.41, 5.74) is 0.624. The van der Waals surface area contributed by atoms with Crippen molar-refractivity contribution in [2.45, 2.75) is 46.3 Å². The number of ketones is 1. The zero-order valence-corrected chi connectivity index (χ0v) is 17.5. The molecule has 2 rings (SSSR count). The SMILES string of the molecule is CC(C)C.CC(OC(=O)n1ccc2sccc21)C(=O)NC(CC(=O)O)C(=O)CF. The summed E-state index contributed by atoms with van der Waals surface area (Å²) in [5.74, 6) is -2.50. The number of aliphatic carboxylic acids is 1. The molecule has 0 spiro atoms. The van der Waals surface area contributed by atoms with Crippen molar-refractivity contribution in [1.82, 2.24) is 9.88 Å². The van der Waals surface area contributed by atoms with Gasteiger partial charge in [-0.05, 0) is 30.4 Å². The summed E-state index contributed by atoms with van der Waals surface area (Å²) < 4.78 is 19.6. The van der Waals surface area contributed by atoms with Gasteiger partial charge in [0.25, 0.3) is 5.91 Å². The molecule has 0 fully saturated rings. The van der Waals surface area contributed by atoms with E-state index < -0.39 is 49.0 Å². The van der Waals surface area contributed by atoms with E-state index in [-0.39, 0.29) is 0 Å². The van der Waals surface area contributed by atoms with E-state index in [1.54, 1.807) is 17.5 Å². The monoisotopic (exact) mass is 428 g/mol. The van der Waals surface area contributed by atoms with E-state index in [1.165, 1.54) is 29.0 Å². The maximum absolute atomic E-state index is 12.5. The van der Waals surface area contributed by atoms with Crippen molar-refractivity contribution >= 4 is 45.3 Å². The van der Waals surface area contributed by atoms with Crippen LogP contribution < -0.4 is 5.32 Å². The number of carboxylic acid groups (broad SMARTS) is 1. The Hall–Kier alpha value is -2.75. The van der Waals surface area contributed by atoms with E-state index in [1.807, 2.05) is 0 Å². The first-order valence-electron chi connectivity index (χ1n) is 8.93. The molecule has 2 aromatic heterocycles. The van der Waals surface area contributed by atoms with E-state index in [0.717, 1.165) is 10.6 Å². The van der Waals surface area contributed by atoms with Crippen LogP contribution in [0.15, 0.2) is 23.7 Å². The molecule has 0 aliphatic rings. The first-order valence-corrected chi connectivity index (χ1v) is 9.81. The number of ether oxygens (including phenoxy) is 1. The quantitative estimate of drug-likeness (QED) is 0.700. The van der Waals surface area contributed by atoms with Gasteiger partial charge in [-0.3, -0.25) is 19.0 Å². The van der Waals surface area contributed by atoms with Crippen LogP contribution in [0.1, 0.15) is 34.1 Å². The highest BCUT2D eigenvalue weighted by molar-refractivity contribution is 7.17. The van der Waals surface area contributed by atoms with Gasteiger partial charge in [-0.2, -0.15) is 0 Å². The number of hydrogen-bond acceptors (Lipinski definition) is 6. The average molecular weight is 428 g/mol. The van der Waals surface area contributed by atoms with Gasteiger partial charge in [0.05, 0.1) is 16.6 Å². The largest absolute Gasteiger partial charge is 0.481 e. The molecule has 0 aliphatic carbocycles. The van der Waals surface area contributed by atoms with Crippen LogP contribution in [0.2, 0.25) is 0 Å². The van der Waals surface area contributed by atoms with E-state index >= 15 is 0 Å². The van der Waals surface area contributed by atoms with Gasteiger partial charge in [-0.1, -0.05) is 20.8 Å². The van der Waals surface area contributed by atoms with Crippen LogP contribution in [0, 0.1) is 5.92 Å². The standard InChI is InChI=1S/C15H15FN2O6S.C4H10/c1-8(14(22)17-9(6-13(20)21)11(19)7-16)24-15(23)18-4-2-12-10(18)3-5-25-12;1-4(2)3/h2-5,8-9H,6-7H2,1H3,(H,17,22)(H,20,21);4H,1-3H3. The zero-order chi connectivity index (χ0) is 22.1. The Bertz CT molecular complexity index is 857. The summed E-state index contributed by atoms with van der Waals surface area (Å²) in [7, 11) is 0. The molecular formula is C19H25FN2O6S. The number of fused-ring (bicyclic) bond motifs is 1. The van der Waals surface area contributed by atoms with Crippen LogP contribution >= 0.6 is 11.3 Å². The fourth-order valence-electron chi connectivity index (χ4n) is 2.08. The number of nitrogens with zero attached hydrogens (tertiary/aromatic N) is 1. The van der Waals surface area contributed by atoms with Gasteiger partial charge in [0.15, 0.2) is 11.9 Å². The Kier molecular flexibility index (Phi) is 9.46. The minimum absolute atomic E-state index is 0.624. The maximum Gasteiger partial charge on any atom is 0.419 e. The molecule has 2 aromatic rings. The molecule has 160 valence electrons. The molecule has 0 aliphatic heterocycles. The first kappa shape index (κ1) is 24.3. The summed E-state index contributed by atoms with van der Waals surface area (Å²) in [6.45, 7) is 6.35. The number of nitrogens with one attached hydrogen (secondary N) is 1. The van der Waals surface area contributed by atoms with Gasteiger partial charge in [-0.25, -0.2) is 9.18 Å². The Balaban J connectivity index is 0.000000960. The minimum Gasteiger partial charge on any atom is -0.481 e. The number of hydrogen-bond donors (Lipinski definition) is 2. The lowest BCUT2D eigenvalue weighted by atomic mass is 10.1. The molecule has 0 saturated heterocycles. The van der Waals surface area contributed by atoms with Crippen molar-refractivity contribution in [3.63, 3.8) is 0 Å². The summed E-state index contributed by atoms with van der Waals surface area (Å²) in [6, 6.07) is 1.91. The predicted molar refractivity (Wildman–Crippen MR) is 107 cm³/mol. The zero-order valence-electron chi connectivity index (χ0n) is 16.7. The Morgan fingerprint density at radius 2 is 1.83 bits per heavy atom. The summed E-state index contributed by atoms with van der Waals surface area (Å²) in [5, 5.41) is 12.6. The van der Waals surface area contributed by atoms with Crippen LogP contribution in [0.3, 0.4) is 0 Å². The van der Waals surface area contributed by atoms with Crippen molar-refractivity contribution < 1.29 is 33.4 Å². The lowest BCUT2D eigenvalue weighted by molar-refractivity contribution is -0.141. The van der Waals surface area contributed by atoms with Crippen molar-refractivity contribution in [3.05, 3.63) is 23.7 Å². The first-order chi connectivity index (χ1) is 13.6. The fourth-order valence-corrected chi connectivity index (χ4v) is 2.85. The highest BCUT2D eigenvalue weighted by Gasteiger charge is 2.27. The number of alkyl halides is 1. The third-order valence-electron chi connectivity index (χ3n) is 3.37. The van der Waals surface area contributed by atoms with Crippen molar-refractivity contribution in [2.75, 3.05) is 6.67 Å². The van der Waals surface area contributed by atoms with Crippen LogP contribution in [0.4, 0.5) is 9.18 Å². The lowest BCUT2D eigenvalue weighted by Crippen LogP contribution is -2.47. The number of Topliss-reactive ketones (excluding diaryl/α,β-unsaturated/α-hetero) is 1. The van der Waals surface area contributed by atoms with Crippen molar-refractivity contribution in [2.24, 2.45) is 5.92 Å². The number of aromatic nitrogens is 1. The molecule has 10 heteroatoms. The molecule has 0 radical (unpaired) electrons. The number of carbonyl (C=O) groups excluding carboxylic acids is 3. The summed E-state index contributed by atoms with van der Waals surface area (Å²) >= 11 is 1.43. The van der Waals surface area contributed by atoms with Crippen LogP contribution in [-0.4, -0.2) is 52.2 Å². The smallest absolute Gasteiger partial charge is 0.419 e. The van der Waals surface area contributed by atoms with E-state index in [2.05, 4.69) is 26.1 Å². The van der Waals surface area contributed by atoms with Crippen LogP contribution in [0.5, 0.6) is 0 Å². The summed E-state index contributed by atoms with van der Waals surface area (Å²) in [6.07, 6.45) is -1.37. The lowest BCUT2D eigenvalue weighted by Gasteiger charge is -2.18. The molecule has 0 bridgehead atoms. The molecule has 0 aromatic carbocycles. The van der Waals surface area contributed by atoms with Gasteiger partial charge < -0.3 is 15.2 Å². The molecule has 2 N–H and O–H groups in total. The minimum atomic E-state index is -1.52. The van der Waals surface area contributed by atoms with Crippen molar-refractivity contribution in [1.29, 1.82) is 0 Å². The molecule has 0 saturated carbocycles. The van der Waals surface area contributed by atoms with Crippen molar-refractivity contribution in [3.8, 4) is 0 Å². The Morgan fingerprint density at radius 3 is 2.38 bits per heavy atom. The molecule has 2 heterocycles. The van der Waals surface area contributed by atoms with Gasteiger partial charge in [0.1, 0.15) is 12.7 Å². The number of carbonyl (C=O) groups is 4. The third kappa shape index (κ3) is 7.65. The molecule has 1 amide bonds. The van der Waals surface area contributed by atoms with E-state index in [4.69, 9.17) is 9.84 Å². The second kappa shape index (κ2) is 11.3. The van der Waals surface area contributed by atoms with E-state index in [0.29, 0.717) is 5.52 Å². The average Bonchev–Trinajstić information content (AvgIpc) is 3.22. The third-order valence-corrected chi connectivity index (χ3v) is 4.24. The molecule has 29 heavy (non-hydrogen) atoms. The van der Waals surface area contributed by atoms with Gasteiger partial charge in [0.2, 0.25) is 0 Å². The second-order valence-corrected chi connectivity index (χ2v) is 7.82. The Labute approximate surface area is 171 Å². The van der Waals surface area contributed by atoms with E-state index in [9.17, 15) is 23.6 Å². The van der Waals surface area contributed by atoms with Gasteiger partial charge >= 0.3 is 12.1 Å². The maximum atomic E-state index is 12.5. The molecule has 2 atom stereocenters. The highest BCUT2D eigenvalue weighted by Crippen LogP contribution is 2.22. The summed E-state index contributed by atoms with van der Waals surface area (Å²) in [4.78, 5) is 46.2. The topological polar surface area (TPSA) is 115 Å². The van der Waals surface area contributed by atoms with Gasteiger partial charge in [-0.15, -0.1) is 11.3 Å². The number of rotatable bonds is 7. The second-order valence-electron chi connectivity index (χ2n) is 6.87. The fraction of sp³-hybridized carbons (Fsp3) is 0.474. The molecular weight excluding hydrogens is 403 g/mol. The van der Waals surface area contributed by atoms with Crippen LogP contribution in [-0.2, 0) is 19.1 Å². The number of halogens is 1. The van der Waals surface area contributed by atoms with Crippen LogP contribution in [0.25, 0.3) is 10.2 Å². The highest BCUT2D eigenvalue weighted by atomic mass is 32.1. The number of amides is 1. The molecule has 2 unspecified atom stereocenters. The number of thiophene rings is 1. The predicted octanol–water partition coefficient (Wildman–Crippen LogP) is 3.24. The molecule has 8 nitrogen and oxygen atoms in total. The van der Waals surface area contributed by atoms with Gasteiger partial charge in [0, 0.05) is 6.20 Å². The number of carboxylic acids is 1. The Morgan fingerprint density at radius 1 is 1.21 bits per heavy atom. The normalized spacial score (nSPS) is 12.6.